The van der Waals surface area contributed by atoms with Crippen LogP contribution in [0, 0.1) is 6.92 Å². The first kappa shape index (κ1) is 23.1. The normalized spacial score (nSPS) is 20.0. The Labute approximate surface area is 213 Å². The van der Waals surface area contributed by atoms with E-state index in [0.717, 1.165) is 11.9 Å². The minimum atomic E-state index is -0.346. The minimum absolute atomic E-state index is 0.304. The summed E-state index contributed by atoms with van der Waals surface area (Å²) in [5, 5.41) is 3.85. The van der Waals surface area contributed by atoms with Gasteiger partial charge in [0.15, 0.2) is 0 Å². The molecule has 0 radical (unpaired) electrons. The van der Waals surface area contributed by atoms with Crippen molar-refractivity contribution in [3.63, 3.8) is 0 Å². The van der Waals surface area contributed by atoms with Gasteiger partial charge in [-0.2, -0.15) is 0 Å². The fourth-order valence-electron chi connectivity index (χ4n) is 5.74. The second-order valence-corrected chi connectivity index (χ2v) is 10.7. The van der Waals surface area contributed by atoms with Crippen molar-refractivity contribution >= 4 is 45.8 Å². The molecule has 0 spiro atoms. The smallest absolute Gasteiger partial charge is 0.399 e. The van der Waals surface area contributed by atoms with Crippen molar-refractivity contribution in [2.75, 3.05) is 0 Å². The second-order valence-electron chi connectivity index (χ2n) is 10.7. The van der Waals surface area contributed by atoms with Crippen LogP contribution in [0.2, 0.25) is 0 Å². The third-order valence-corrected chi connectivity index (χ3v) is 8.42. The largest absolute Gasteiger partial charge is 0.494 e. The Balaban J connectivity index is 1.47. The highest BCUT2D eigenvalue weighted by Crippen LogP contribution is 2.41. The number of rotatable bonds is 5. The molecule has 0 bridgehead atoms. The quantitative estimate of drug-likeness (QED) is 0.194. The van der Waals surface area contributed by atoms with E-state index in [4.69, 9.17) is 9.31 Å². The van der Waals surface area contributed by atoms with Gasteiger partial charge >= 0.3 is 7.12 Å². The van der Waals surface area contributed by atoms with E-state index in [1.54, 1.807) is 0 Å². The monoisotopic (exact) mass is 473 g/mol. The van der Waals surface area contributed by atoms with Gasteiger partial charge in [-0.1, -0.05) is 68.1 Å². The Morgan fingerprint density at radius 1 is 0.917 bits per heavy atom. The zero-order chi connectivity index (χ0) is 25.2. The molecule has 4 heteroatoms. The van der Waals surface area contributed by atoms with Gasteiger partial charge in [0.2, 0.25) is 0 Å². The number of hydrogen-bond acceptors (Lipinski definition) is 2. The Morgan fingerprint density at radius 3 is 2.33 bits per heavy atom. The molecule has 0 N–H and O–H groups in total. The Kier molecular flexibility index (Phi) is 5.19. The minimum Gasteiger partial charge on any atom is -0.399 e. The molecule has 1 saturated heterocycles. The summed E-state index contributed by atoms with van der Waals surface area (Å²) in [6, 6.07) is 22.0. The maximum atomic E-state index is 6.40. The Hall–Kier alpha value is -3.34. The van der Waals surface area contributed by atoms with Gasteiger partial charge in [0.05, 0.1) is 22.2 Å². The topological polar surface area (TPSA) is 22.9 Å². The van der Waals surface area contributed by atoms with Gasteiger partial charge in [0.1, 0.15) is 0 Å². The van der Waals surface area contributed by atoms with Crippen LogP contribution in [0.4, 0.5) is 0 Å². The summed E-state index contributed by atoms with van der Waals surface area (Å²) in [7, 11) is -0.346. The van der Waals surface area contributed by atoms with E-state index in [-0.39, 0.29) is 18.3 Å². The van der Waals surface area contributed by atoms with Crippen LogP contribution >= 0.6 is 0 Å². The lowest BCUT2D eigenvalue weighted by atomic mass is 9.78. The predicted octanol–water partition coefficient (Wildman–Crippen LogP) is 7.55. The summed E-state index contributed by atoms with van der Waals surface area (Å²) in [6.07, 6.45) is 6.92. The van der Waals surface area contributed by atoms with Gasteiger partial charge in [0, 0.05) is 21.9 Å². The molecular formula is C32H32BNO2. The molecule has 0 amide bonds. The molecule has 3 heterocycles. The molecule has 36 heavy (non-hydrogen) atoms. The number of hydrogen-bond donors (Lipinski definition) is 0. The Bertz CT molecular complexity index is 1640. The van der Waals surface area contributed by atoms with E-state index in [9.17, 15) is 0 Å². The van der Waals surface area contributed by atoms with Crippen LogP contribution in [0.1, 0.15) is 45.4 Å². The number of aryl methyl sites for hydroxylation is 1. The van der Waals surface area contributed by atoms with Gasteiger partial charge in [-0.3, -0.25) is 0 Å². The van der Waals surface area contributed by atoms with Crippen LogP contribution in [0.5, 0.6) is 0 Å². The molecule has 1 atom stereocenters. The number of nitrogens with zero attached hydrogens (tertiary/aromatic N) is 1. The van der Waals surface area contributed by atoms with Crippen molar-refractivity contribution in [1.82, 2.24) is 4.40 Å². The van der Waals surface area contributed by atoms with E-state index in [1.807, 2.05) is 12.2 Å². The maximum Gasteiger partial charge on any atom is 0.494 e. The van der Waals surface area contributed by atoms with Crippen LogP contribution in [0.15, 0.2) is 79.4 Å². The maximum absolute atomic E-state index is 6.40. The number of benzene rings is 3. The van der Waals surface area contributed by atoms with E-state index in [2.05, 4.69) is 112 Å². The SMILES string of the molecule is C=C/C=C\c1c(C)c2cc(-c3ccc(B4OC(C)(C)C(C)(CC)O4)cc3)cc3c4ccccc4n1c23. The second kappa shape index (κ2) is 8.09. The number of allylic oxidation sites excluding steroid dienone is 2. The molecule has 6 rings (SSSR count). The van der Waals surface area contributed by atoms with Gasteiger partial charge in [0.25, 0.3) is 0 Å². The van der Waals surface area contributed by atoms with Crippen molar-refractivity contribution < 1.29 is 9.31 Å². The standard InChI is InChI=1S/C32H32BNO2/c1-7-9-13-28-21(3)26-19-23(20-27-25-12-10-11-14-29(25)34(28)30(26)27)22-15-17-24(18-16-22)33-35-31(4,5)32(6,8-2)36-33/h7,9-20H,1,8H2,2-6H3/b13-9-. The van der Waals surface area contributed by atoms with E-state index in [0.29, 0.717) is 0 Å². The van der Waals surface area contributed by atoms with Crippen molar-refractivity contribution in [3.05, 3.63) is 90.7 Å². The number of fused-ring (bicyclic) bond motifs is 3. The fourth-order valence-corrected chi connectivity index (χ4v) is 5.74. The first-order valence-corrected chi connectivity index (χ1v) is 12.8. The highest BCUT2D eigenvalue weighted by atomic mass is 16.7. The molecule has 1 fully saturated rings. The van der Waals surface area contributed by atoms with Crippen LogP contribution in [0.3, 0.4) is 0 Å². The van der Waals surface area contributed by atoms with Gasteiger partial charge in [-0.05, 0) is 80.5 Å². The van der Waals surface area contributed by atoms with Crippen molar-refractivity contribution in [2.24, 2.45) is 0 Å². The average Bonchev–Trinajstić information content (AvgIpc) is 3.45. The Morgan fingerprint density at radius 2 is 1.64 bits per heavy atom. The highest BCUT2D eigenvalue weighted by Gasteiger charge is 2.53. The van der Waals surface area contributed by atoms with E-state index < -0.39 is 0 Å². The summed E-state index contributed by atoms with van der Waals surface area (Å²) in [5.41, 5.74) is 7.83. The van der Waals surface area contributed by atoms with Gasteiger partial charge in [-0.15, -0.1) is 0 Å². The van der Waals surface area contributed by atoms with Crippen LogP contribution in [-0.4, -0.2) is 22.7 Å². The first-order chi connectivity index (χ1) is 17.3. The third kappa shape index (κ3) is 3.21. The molecular weight excluding hydrogens is 441 g/mol. The first-order valence-electron chi connectivity index (χ1n) is 12.8. The molecule has 5 aromatic rings. The summed E-state index contributed by atoms with van der Waals surface area (Å²) < 4.78 is 15.1. The summed E-state index contributed by atoms with van der Waals surface area (Å²) >= 11 is 0. The zero-order valence-electron chi connectivity index (χ0n) is 21.8. The molecule has 3 aromatic carbocycles. The number of para-hydroxylation sites is 1. The lowest BCUT2D eigenvalue weighted by Gasteiger charge is -2.35. The fraction of sp³-hybridized carbons (Fsp3) is 0.250. The lowest BCUT2D eigenvalue weighted by Crippen LogP contribution is -2.44. The molecule has 1 aliphatic rings. The zero-order valence-corrected chi connectivity index (χ0v) is 21.8. The van der Waals surface area contributed by atoms with Crippen molar-refractivity contribution in [3.8, 4) is 11.1 Å². The molecule has 2 aromatic heterocycles. The van der Waals surface area contributed by atoms with Crippen molar-refractivity contribution in [1.29, 1.82) is 0 Å². The lowest BCUT2D eigenvalue weighted by molar-refractivity contribution is -0.0118. The highest BCUT2D eigenvalue weighted by molar-refractivity contribution is 6.62. The summed E-state index contributed by atoms with van der Waals surface area (Å²) in [5.74, 6) is 0. The molecule has 180 valence electrons. The van der Waals surface area contributed by atoms with Crippen LogP contribution < -0.4 is 5.46 Å². The van der Waals surface area contributed by atoms with E-state index in [1.165, 1.54) is 49.6 Å². The van der Waals surface area contributed by atoms with Crippen LogP contribution in [0.25, 0.3) is 44.4 Å². The van der Waals surface area contributed by atoms with E-state index >= 15 is 0 Å². The average molecular weight is 473 g/mol. The molecule has 3 nitrogen and oxygen atoms in total. The van der Waals surface area contributed by atoms with Gasteiger partial charge in [-0.25, -0.2) is 0 Å². The molecule has 0 saturated carbocycles. The third-order valence-electron chi connectivity index (χ3n) is 8.42. The van der Waals surface area contributed by atoms with Crippen molar-refractivity contribution in [2.45, 2.75) is 52.2 Å². The summed E-state index contributed by atoms with van der Waals surface area (Å²) in [6.45, 7) is 14.6. The van der Waals surface area contributed by atoms with Gasteiger partial charge < -0.3 is 13.7 Å². The molecule has 0 aliphatic carbocycles. The van der Waals surface area contributed by atoms with Crippen LogP contribution in [-0.2, 0) is 9.31 Å². The predicted molar refractivity (Wildman–Crippen MR) is 153 cm³/mol. The summed E-state index contributed by atoms with van der Waals surface area (Å²) in [4.78, 5) is 0. The molecule has 1 unspecified atom stereocenters. The number of aromatic nitrogens is 1. The molecule has 1 aliphatic heterocycles.